The van der Waals surface area contributed by atoms with Crippen molar-refractivity contribution in [2.75, 3.05) is 19.5 Å². The van der Waals surface area contributed by atoms with E-state index in [0.29, 0.717) is 23.1 Å². The van der Waals surface area contributed by atoms with Crippen LogP contribution in [0.15, 0.2) is 42.5 Å². The van der Waals surface area contributed by atoms with Crippen molar-refractivity contribution in [3.05, 3.63) is 42.5 Å². The van der Waals surface area contributed by atoms with Crippen LogP contribution >= 0.6 is 0 Å². The van der Waals surface area contributed by atoms with E-state index in [-0.39, 0.29) is 5.91 Å². The van der Waals surface area contributed by atoms with Gasteiger partial charge in [-0.3, -0.25) is 4.79 Å². The first-order valence-electron chi connectivity index (χ1n) is 7.09. The zero-order valence-corrected chi connectivity index (χ0v) is 12.5. The van der Waals surface area contributed by atoms with E-state index < -0.39 is 0 Å². The fourth-order valence-corrected chi connectivity index (χ4v) is 2.30. The van der Waals surface area contributed by atoms with Crippen LogP contribution in [0.3, 0.4) is 0 Å². The Morgan fingerprint density at radius 3 is 2.81 bits per heavy atom. The fraction of sp³-hybridized carbons (Fsp3) is 0.353. The van der Waals surface area contributed by atoms with Gasteiger partial charge in [0.05, 0.1) is 19.9 Å². The van der Waals surface area contributed by atoms with Crippen molar-refractivity contribution in [3.8, 4) is 11.5 Å². The number of carbonyl (C=O) groups excluding carboxylic acids is 1. The second kappa shape index (κ2) is 7.53. The molecule has 1 amide bonds. The summed E-state index contributed by atoms with van der Waals surface area (Å²) in [5, 5.41) is 2.83. The van der Waals surface area contributed by atoms with Crippen LogP contribution in [0.25, 0.3) is 0 Å². The molecule has 1 atom stereocenters. The van der Waals surface area contributed by atoms with E-state index in [1.54, 1.807) is 38.5 Å². The lowest BCUT2D eigenvalue weighted by Crippen LogP contribution is -2.10. The Morgan fingerprint density at radius 2 is 2.14 bits per heavy atom. The molecule has 1 N–H and O–H groups in total. The number of hydrogen-bond donors (Lipinski definition) is 1. The maximum atomic E-state index is 12.0. The summed E-state index contributed by atoms with van der Waals surface area (Å²) in [7, 11) is 3.16. The number of allylic oxidation sites excluding steroid dienone is 3. The number of rotatable bonds is 5. The van der Waals surface area contributed by atoms with Gasteiger partial charge >= 0.3 is 0 Å². The summed E-state index contributed by atoms with van der Waals surface area (Å²) in [5.41, 5.74) is 0.607. The third-order valence-electron chi connectivity index (χ3n) is 3.49. The number of benzene rings is 1. The molecule has 0 radical (unpaired) electrons. The first-order chi connectivity index (χ1) is 10.2. The number of ether oxygens (including phenoxy) is 2. The van der Waals surface area contributed by atoms with Gasteiger partial charge in [0.25, 0.3) is 0 Å². The first kappa shape index (κ1) is 15.2. The molecule has 1 aromatic carbocycles. The highest BCUT2D eigenvalue weighted by Crippen LogP contribution is 2.29. The van der Waals surface area contributed by atoms with Gasteiger partial charge in [-0.15, -0.1) is 0 Å². The number of anilines is 1. The Balaban J connectivity index is 2.01. The van der Waals surface area contributed by atoms with Gasteiger partial charge in [-0.25, -0.2) is 0 Å². The minimum absolute atomic E-state index is 0.156. The molecular weight excluding hydrogens is 266 g/mol. The predicted molar refractivity (Wildman–Crippen MR) is 83.8 cm³/mol. The topological polar surface area (TPSA) is 47.6 Å². The van der Waals surface area contributed by atoms with Crippen LogP contribution in [0.2, 0.25) is 0 Å². The predicted octanol–water partition coefficient (Wildman–Crippen LogP) is 3.55. The van der Waals surface area contributed by atoms with E-state index in [1.807, 2.05) is 6.08 Å². The van der Waals surface area contributed by atoms with Crippen molar-refractivity contribution in [1.82, 2.24) is 0 Å². The number of methoxy groups -OCH3 is 2. The highest BCUT2D eigenvalue weighted by atomic mass is 16.5. The molecule has 4 heteroatoms. The van der Waals surface area contributed by atoms with Crippen molar-refractivity contribution < 1.29 is 14.3 Å². The van der Waals surface area contributed by atoms with Crippen molar-refractivity contribution in [2.24, 2.45) is 5.92 Å². The molecule has 0 aromatic heterocycles. The van der Waals surface area contributed by atoms with Gasteiger partial charge in [-0.2, -0.15) is 0 Å². The Morgan fingerprint density at radius 1 is 1.29 bits per heavy atom. The van der Waals surface area contributed by atoms with E-state index >= 15 is 0 Å². The number of hydrogen-bond acceptors (Lipinski definition) is 3. The first-order valence-corrected chi connectivity index (χ1v) is 7.09. The van der Waals surface area contributed by atoms with E-state index in [9.17, 15) is 4.79 Å². The van der Waals surface area contributed by atoms with Crippen LogP contribution in [-0.2, 0) is 4.79 Å². The molecule has 0 aliphatic heterocycles. The molecule has 0 unspecified atom stereocenters. The average molecular weight is 287 g/mol. The molecule has 0 saturated carbocycles. The van der Waals surface area contributed by atoms with Gasteiger partial charge in [-0.1, -0.05) is 18.2 Å². The van der Waals surface area contributed by atoms with Gasteiger partial charge in [-0.05, 0) is 43.4 Å². The number of nitrogens with one attached hydrogen (secondary N) is 1. The summed E-state index contributed by atoms with van der Waals surface area (Å²) in [5.74, 6) is 1.58. The van der Waals surface area contributed by atoms with Gasteiger partial charge < -0.3 is 14.8 Å². The fourth-order valence-electron chi connectivity index (χ4n) is 2.30. The molecule has 0 fully saturated rings. The highest BCUT2D eigenvalue weighted by Gasteiger charge is 2.09. The van der Waals surface area contributed by atoms with Gasteiger partial charge in [0.2, 0.25) is 5.91 Å². The Kier molecular flexibility index (Phi) is 5.43. The van der Waals surface area contributed by atoms with Crippen LogP contribution in [0.1, 0.15) is 19.3 Å². The highest BCUT2D eigenvalue weighted by molar-refractivity contribution is 6.00. The molecule has 2 rings (SSSR count). The van der Waals surface area contributed by atoms with Gasteiger partial charge in [0.15, 0.2) is 0 Å². The molecular formula is C17H21NO3. The van der Waals surface area contributed by atoms with Crippen molar-refractivity contribution in [2.45, 2.75) is 19.3 Å². The molecule has 0 bridgehead atoms. The van der Waals surface area contributed by atoms with Crippen molar-refractivity contribution >= 4 is 11.6 Å². The third kappa shape index (κ3) is 4.38. The lowest BCUT2D eigenvalue weighted by atomic mass is 9.94. The minimum Gasteiger partial charge on any atom is -0.497 e. The normalized spacial score (nSPS) is 17.7. The molecule has 112 valence electrons. The molecule has 21 heavy (non-hydrogen) atoms. The zero-order valence-electron chi connectivity index (χ0n) is 12.5. The summed E-state index contributed by atoms with van der Waals surface area (Å²) in [6.07, 6.45) is 11.1. The van der Waals surface area contributed by atoms with Crippen molar-refractivity contribution in [3.63, 3.8) is 0 Å². The Bertz CT molecular complexity index is 549. The minimum atomic E-state index is -0.156. The smallest absolute Gasteiger partial charge is 0.248 e. The van der Waals surface area contributed by atoms with Crippen LogP contribution < -0.4 is 14.8 Å². The molecule has 0 spiro atoms. The molecule has 0 heterocycles. The van der Waals surface area contributed by atoms with Crippen molar-refractivity contribution in [1.29, 1.82) is 0 Å². The maximum Gasteiger partial charge on any atom is 0.248 e. The quantitative estimate of drug-likeness (QED) is 0.665. The van der Waals surface area contributed by atoms with Crippen LogP contribution in [0.4, 0.5) is 5.69 Å². The summed E-state index contributed by atoms with van der Waals surface area (Å²) in [6, 6.07) is 5.30. The average Bonchev–Trinajstić information content (AvgIpc) is 2.54. The Labute approximate surface area is 125 Å². The summed E-state index contributed by atoms with van der Waals surface area (Å²) in [6.45, 7) is 0. The largest absolute Gasteiger partial charge is 0.497 e. The lowest BCUT2D eigenvalue weighted by Gasteiger charge is -2.13. The molecule has 1 aliphatic carbocycles. The second-order valence-electron chi connectivity index (χ2n) is 4.96. The maximum absolute atomic E-state index is 12.0. The lowest BCUT2D eigenvalue weighted by molar-refractivity contribution is -0.111. The van der Waals surface area contributed by atoms with Crippen LogP contribution in [-0.4, -0.2) is 20.1 Å². The second-order valence-corrected chi connectivity index (χ2v) is 4.96. The third-order valence-corrected chi connectivity index (χ3v) is 3.49. The summed E-state index contributed by atoms with van der Waals surface area (Å²) >= 11 is 0. The summed E-state index contributed by atoms with van der Waals surface area (Å²) < 4.78 is 10.4. The van der Waals surface area contributed by atoms with E-state index in [1.165, 1.54) is 0 Å². The Hall–Kier alpha value is -2.23. The van der Waals surface area contributed by atoms with Crippen LogP contribution in [0.5, 0.6) is 11.5 Å². The summed E-state index contributed by atoms with van der Waals surface area (Å²) in [4.78, 5) is 12.0. The van der Waals surface area contributed by atoms with E-state index in [0.717, 1.165) is 19.3 Å². The van der Waals surface area contributed by atoms with Gasteiger partial charge in [0.1, 0.15) is 11.5 Å². The van der Waals surface area contributed by atoms with Gasteiger partial charge in [0, 0.05) is 6.07 Å². The van der Waals surface area contributed by atoms with E-state index in [4.69, 9.17) is 9.47 Å². The number of amides is 1. The SMILES string of the molecule is COc1ccc(OC)c(NC(=O)/C=C/[C@@H]2CC=CCC2)c1. The molecule has 4 nitrogen and oxygen atoms in total. The molecule has 0 saturated heterocycles. The number of carbonyl (C=O) groups is 1. The molecule has 1 aromatic rings. The molecule has 1 aliphatic rings. The van der Waals surface area contributed by atoms with Crippen LogP contribution in [0, 0.1) is 5.92 Å². The standard InChI is InChI=1S/C17H21NO3/c1-20-14-9-10-16(21-2)15(12-14)18-17(19)11-8-13-6-4-3-5-7-13/h3-4,8-13H,5-7H2,1-2H3,(H,18,19)/b11-8+/t13-/m1/s1. The zero-order chi connectivity index (χ0) is 15.1. The van der Waals surface area contributed by atoms with E-state index in [2.05, 4.69) is 17.5 Å². The monoisotopic (exact) mass is 287 g/mol.